The Hall–Kier alpha value is -1.85. The second kappa shape index (κ2) is 3.83. The Bertz CT molecular complexity index is 589. The van der Waals surface area contributed by atoms with Crippen molar-refractivity contribution in [1.29, 1.82) is 0 Å². The summed E-state index contributed by atoms with van der Waals surface area (Å²) in [6.45, 7) is 0.838. The molecule has 3 rings (SSSR count). The molecule has 0 aliphatic carbocycles. The van der Waals surface area contributed by atoms with Crippen LogP contribution in [-0.4, -0.2) is 17.9 Å². The summed E-state index contributed by atoms with van der Waals surface area (Å²) in [5.74, 6) is -0.191. The predicted octanol–water partition coefficient (Wildman–Crippen LogP) is 3.42. The summed E-state index contributed by atoms with van der Waals surface area (Å²) in [5.41, 5.74) is 2.76. The van der Waals surface area contributed by atoms with E-state index in [1.54, 1.807) is 6.07 Å². The highest BCUT2D eigenvalue weighted by Gasteiger charge is 2.31. The molecule has 0 bridgehead atoms. The van der Waals surface area contributed by atoms with Crippen molar-refractivity contribution in [3.05, 3.63) is 23.9 Å². The van der Waals surface area contributed by atoms with Gasteiger partial charge in [-0.2, -0.15) is 0 Å². The van der Waals surface area contributed by atoms with Crippen LogP contribution in [0.25, 0.3) is 10.9 Å². The third-order valence-corrected chi connectivity index (χ3v) is 2.99. The van der Waals surface area contributed by atoms with E-state index in [9.17, 15) is 13.2 Å². The topological polar surface area (TPSA) is 37.0 Å². The third-order valence-electron chi connectivity index (χ3n) is 2.99. The van der Waals surface area contributed by atoms with Crippen LogP contribution >= 0.6 is 0 Å². The lowest BCUT2D eigenvalue weighted by Gasteiger charge is -2.14. The summed E-state index contributed by atoms with van der Waals surface area (Å²) in [4.78, 5) is 3.21. The van der Waals surface area contributed by atoms with Crippen LogP contribution in [0.3, 0.4) is 0 Å². The molecule has 2 aromatic rings. The van der Waals surface area contributed by atoms with E-state index in [2.05, 4.69) is 15.0 Å². The van der Waals surface area contributed by atoms with Crippen LogP contribution in [-0.2, 0) is 6.42 Å². The molecular formula is C12H11F3N2O. The molecule has 0 atom stereocenters. The molecule has 0 saturated heterocycles. The largest absolute Gasteiger partial charge is 0.573 e. The van der Waals surface area contributed by atoms with Crippen molar-refractivity contribution in [3.63, 3.8) is 0 Å². The molecule has 1 aliphatic rings. The van der Waals surface area contributed by atoms with E-state index in [1.165, 1.54) is 12.1 Å². The quantitative estimate of drug-likeness (QED) is 0.820. The van der Waals surface area contributed by atoms with Gasteiger partial charge in [-0.1, -0.05) is 0 Å². The van der Waals surface area contributed by atoms with Gasteiger partial charge in [0.2, 0.25) is 0 Å². The maximum Gasteiger partial charge on any atom is 0.573 e. The van der Waals surface area contributed by atoms with Gasteiger partial charge in [0.1, 0.15) is 5.75 Å². The Morgan fingerprint density at radius 3 is 2.83 bits per heavy atom. The summed E-state index contributed by atoms with van der Waals surface area (Å²) < 4.78 is 40.4. The SMILES string of the molecule is FC(F)(F)Oc1ccc2[nH]c3c(c2c1)NCCC3. The molecular weight excluding hydrogens is 245 g/mol. The van der Waals surface area contributed by atoms with Gasteiger partial charge in [-0.15, -0.1) is 13.2 Å². The van der Waals surface area contributed by atoms with Gasteiger partial charge in [0.15, 0.2) is 0 Å². The van der Waals surface area contributed by atoms with Crippen molar-refractivity contribution in [2.45, 2.75) is 19.2 Å². The average Bonchev–Trinajstić information content (AvgIpc) is 2.65. The minimum Gasteiger partial charge on any atom is -0.406 e. The number of alkyl halides is 3. The van der Waals surface area contributed by atoms with Crippen LogP contribution in [0.4, 0.5) is 18.9 Å². The maximum absolute atomic E-state index is 12.2. The fourth-order valence-electron chi connectivity index (χ4n) is 2.29. The van der Waals surface area contributed by atoms with Crippen molar-refractivity contribution in [2.75, 3.05) is 11.9 Å². The molecule has 6 heteroatoms. The van der Waals surface area contributed by atoms with Gasteiger partial charge in [-0.3, -0.25) is 0 Å². The minimum absolute atomic E-state index is 0.191. The lowest BCUT2D eigenvalue weighted by Crippen LogP contribution is -2.17. The van der Waals surface area contributed by atoms with E-state index in [4.69, 9.17) is 0 Å². The first-order valence-electron chi connectivity index (χ1n) is 5.67. The van der Waals surface area contributed by atoms with Gasteiger partial charge in [0, 0.05) is 23.1 Å². The molecule has 0 amide bonds. The third kappa shape index (κ3) is 1.98. The summed E-state index contributed by atoms with van der Waals surface area (Å²) in [6.07, 6.45) is -2.73. The van der Waals surface area contributed by atoms with Crippen molar-refractivity contribution >= 4 is 16.6 Å². The predicted molar refractivity (Wildman–Crippen MR) is 61.8 cm³/mol. The number of anilines is 1. The second-order valence-corrected chi connectivity index (χ2v) is 4.26. The van der Waals surface area contributed by atoms with Crippen molar-refractivity contribution in [2.24, 2.45) is 0 Å². The Balaban J connectivity index is 2.05. The fourth-order valence-corrected chi connectivity index (χ4v) is 2.29. The Morgan fingerprint density at radius 2 is 2.06 bits per heavy atom. The maximum atomic E-state index is 12.2. The number of benzene rings is 1. The number of ether oxygens (including phenoxy) is 1. The molecule has 0 radical (unpaired) electrons. The van der Waals surface area contributed by atoms with Crippen LogP contribution in [0.2, 0.25) is 0 Å². The molecule has 1 aliphatic heterocycles. The normalized spacial score (nSPS) is 15.3. The number of nitrogens with one attached hydrogen (secondary N) is 2. The molecule has 18 heavy (non-hydrogen) atoms. The van der Waals surface area contributed by atoms with Gasteiger partial charge in [-0.25, -0.2) is 0 Å². The average molecular weight is 256 g/mol. The van der Waals surface area contributed by atoms with Crippen LogP contribution in [0.15, 0.2) is 18.2 Å². The first-order chi connectivity index (χ1) is 8.53. The lowest BCUT2D eigenvalue weighted by atomic mass is 10.1. The highest BCUT2D eigenvalue weighted by atomic mass is 19.4. The number of aryl methyl sites for hydroxylation is 1. The lowest BCUT2D eigenvalue weighted by molar-refractivity contribution is -0.274. The first-order valence-corrected chi connectivity index (χ1v) is 5.67. The molecule has 2 N–H and O–H groups in total. The molecule has 0 unspecified atom stereocenters. The van der Waals surface area contributed by atoms with Crippen molar-refractivity contribution < 1.29 is 17.9 Å². The van der Waals surface area contributed by atoms with E-state index < -0.39 is 6.36 Å². The van der Waals surface area contributed by atoms with E-state index >= 15 is 0 Å². The number of halogens is 3. The monoisotopic (exact) mass is 256 g/mol. The Labute approximate surface area is 101 Å². The van der Waals surface area contributed by atoms with E-state index in [0.29, 0.717) is 0 Å². The van der Waals surface area contributed by atoms with Gasteiger partial charge in [0.25, 0.3) is 0 Å². The summed E-state index contributed by atoms with van der Waals surface area (Å²) in [5, 5.41) is 3.95. The van der Waals surface area contributed by atoms with E-state index in [0.717, 1.165) is 41.7 Å². The molecule has 2 heterocycles. The number of hydrogen-bond acceptors (Lipinski definition) is 2. The number of rotatable bonds is 1. The number of H-pyrrole nitrogens is 1. The Kier molecular flexibility index (Phi) is 2.39. The Morgan fingerprint density at radius 1 is 1.22 bits per heavy atom. The van der Waals surface area contributed by atoms with Crippen LogP contribution in [0, 0.1) is 0 Å². The number of fused-ring (bicyclic) bond motifs is 3. The highest BCUT2D eigenvalue weighted by Crippen LogP contribution is 2.34. The molecule has 0 fully saturated rings. The molecule has 1 aromatic carbocycles. The summed E-state index contributed by atoms with van der Waals surface area (Å²) in [6, 6.07) is 4.34. The zero-order valence-corrected chi connectivity index (χ0v) is 9.40. The molecule has 0 saturated carbocycles. The smallest absolute Gasteiger partial charge is 0.406 e. The number of aromatic nitrogens is 1. The molecule has 96 valence electrons. The first kappa shape index (κ1) is 11.3. The molecule has 3 nitrogen and oxygen atoms in total. The number of hydrogen-bond donors (Lipinski definition) is 2. The fraction of sp³-hybridized carbons (Fsp3) is 0.333. The highest BCUT2D eigenvalue weighted by molar-refractivity contribution is 5.95. The zero-order chi connectivity index (χ0) is 12.8. The minimum atomic E-state index is -4.66. The summed E-state index contributed by atoms with van der Waals surface area (Å²) in [7, 11) is 0. The van der Waals surface area contributed by atoms with Gasteiger partial charge in [0.05, 0.1) is 5.69 Å². The number of aromatic amines is 1. The second-order valence-electron chi connectivity index (χ2n) is 4.26. The standard InChI is InChI=1S/C12H11F3N2O/c13-12(14,15)18-7-3-4-9-8(6-7)11-10(17-9)2-1-5-16-11/h3-4,6,16-17H,1-2,5H2. The van der Waals surface area contributed by atoms with Gasteiger partial charge < -0.3 is 15.0 Å². The summed E-state index contributed by atoms with van der Waals surface area (Å²) >= 11 is 0. The molecule has 0 spiro atoms. The van der Waals surface area contributed by atoms with Crippen molar-refractivity contribution in [3.8, 4) is 5.75 Å². The van der Waals surface area contributed by atoms with E-state index in [-0.39, 0.29) is 5.75 Å². The van der Waals surface area contributed by atoms with Gasteiger partial charge in [-0.05, 0) is 31.0 Å². The van der Waals surface area contributed by atoms with Crippen LogP contribution in [0.5, 0.6) is 5.75 Å². The van der Waals surface area contributed by atoms with Crippen molar-refractivity contribution in [1.82, 2.24) is 4.98 Å². The molecule has 1 aromatic heterocycles. The zero-order valence-electron chi connectivity index (χ0n) is 9.40. The van der Waals surface area contributed by atoms with E-state index in [1.807, 2.05) is 0 Å². The van der Waals surface area contributed by atoms with Crippen LogP contribution < -0.4 is 10.1 Å². The van der Waals surface area contributed by atoms with Crippen LogP contribution in [0.1, 0.15) is 12.1 Å². The van der Waals surface area contributed by atoms with Gasteiger partial charge >= 0.3 is 6.36 Å².